The molecule has 0 saturated carbocycles. The van der Waals surface area contributed by atoms with Crippen molar-refractivity contribution in [1.82, 2.24) is 5.32 Å². The summed E-state index contributed by atoms with van der Waals surface area (Å²) in [5.74, 6) is 0. The molecule has 1 saturated heterocycles. The maximum absolute atomic E-state index is 3.36. The number of quaternary nitrogens is 1. The van der Waals surface area contributed by atoms with Gasteiger partial charge in [-0.15, -0.1) is 0 Å². The van der Waals surface area contributed by atoms with Crippen molar-refractivity contribution >= 4 is 0 Å². The molecular weight excluding hydrogens is 239 g/mol. The molecule has 2 nitrogen and oxygen atoms in total. The van der Waals surface area contributed by atoms with Gasteiger partial charge in [0.15, 0.2) is 0 Å². The number of likely N-dealkylation sites (N-methyl/N-ethyl adjacent to an activating group) is 1. The summed E-state index contributed by atoms with van der Waals surface area (Å²) in [5.41, 5.74) is 0. The van der Waals surface area contributed by atoms with Crippen molar-refractivity contribution in [2.24, 2.45) is 0 Å². The molecule has 1 N–H and O–H groups in total. The zero-order valence-electron chi connectivity index (χ0n) is 6.86. The Morgan fingerprint density at radius 2 is 1.80 bits per heavy atom. The molecule has 1 heterocycles. The quantitative estimate of drug-likeness (QED) is 0.391. The van der Waals surface area contributed by atoms with Crippen LogP contribution in [0.15, 0.2) is 0 Å². The van der Waals surface area contributed by atoms with Crippen LogP contribution in [0, 0.1) is 0 Å². The summed E-state index contributed by atoms with van der Waals surface area (Å²) in [7, 11) is 2.33. The highest BCUT2D eigenvalue weighted by Gasteiger charge is 2.20. The number of piperazine rings is 1. The second-order valence-corrected chi connectivity index (χ2v) is 3.13. The molecular formula is C7H17IN2. The molecule has 0 bridgehead atoms. The average Bonchev–Trinajstić information content (AvgIpc) is 1.90. The predicted octanol–water partition coefficient (Wildman–Crippen LogP) is -2.94. The summed E-state index contributed by atoms with van der Waals surface area (Å²) in [6.07, 6.45) is 0. The highest BCUT2D eigenvalue weighted by Crippen LogP contribution is 2.01. The van der Waals surface area contributed by atoms with E-state index in [9.17, 15) is 0 Å². The van der Waals surface area contributed by atoms with Gasteiger partial charge in [0.1, 0.15) is 0 Å². The maximum atomic E-state index is 3.36. The van der Waals surface area contributed by atoms with Crippen molar-refractivity contribution in [2.75, 3.05) is 39.8 Å². The van der Waals surface area contributed by atoms with E-state index < -0.39 is 0 Å². The Balaban J connectivity index is 0.000000810. The van der Waals surface area contributed by atoms with E-state index in [1.807, 2.05) is 0 Å². The Bertz CT molecular complexity index is 89.6. The number of halogens is 1. The van der Waals surface area contributed by atoms with Gasteiger partial charge in [0, 0.05) is 13.1 Å². The smallest absolute Gasteiger partial charge is 0.0911 e. The highest BCUT2D eigenvalue weighted by atomic mass is 127. The van der Waals surface area contributed by atoms with E-state index in [1.165, 1.54) is 37.2 Å². The fourth-order valence-corrected chi connectivity index (χ4v) is 1.25. The highest BCUT2D eigenvalue weighted by molar-refractivity contribution is 4.53. The van der Waals surface area contributed by atoms with Crippen molar-refractivity contribution in [1.29, 1.82) is 0 Å². The maximum Gasteiger partial charge on any atom is 0.0911 e. The molecule has 3 heteroatoms. The lowest BCUT2D eigenvalue weighted by Crippen LogP contribution is -3.00. The lowest BCUT2D eigenvalue weighted by molar-refractivity contribution is -0.909. The number of nitrogens with zero attached hydrogens (tertiary/aromatic N) is 1. The molecule has 0 radical (unpaired) electrons. The Kier molecular flexibility index (Phi) is 4.81. The third-order valence-electron chi connectivity index (χ3n) is 2.42. The van der Waals surface area contributed by atoms with Crippen LogP contribution in [0.5, 0.6) is 0 Å². The van der Waals surface area contributed by atoms with Gasteiger partial charge in [-0.3, -0.25) is 0 Å². The first-order chi connectivity index (χ1) is 4.27. The van der Waals surface area contributed by atoms with E-state index in [0.717, 1.165) is 0 Å². The first-order valence-electron chi connectivity index (χ1n) is 3.81. The van der Waals surface area contributed by atoms with Gasteiger partial charge < -0.3 is 33.8 Å². The van der Waals surface area contributed by atoms with Crippen LogP contribution in [0.4, 0.5) is 0 Å². The summed E-state index contributed by atoms with van der Waals surface area (Å²) >= 11 is 0. The zero-order chi connectivity index (χ0) is 6.74. The van der Waals surface area contributed by atoms with Crippen LogP contribution in [0.2, 0.25) is 0 Å². The molecule has 0 amide bonds. The molecule has 1 aliphatic heterocycles. The Morgan fingerprint density at radius 1 is 1.30 bits per heavy atom. The lowest BCUT2D eigenvalue weighted by atomic mass is 10.3. The minimum atomic E-state index is 0. The molecule has 0 aromatic rings. The monoisotopic (exact) mass is 256 g/mol. The second-order valence-electron chi connectivity index (χ2n) is 3.13. The summed E-state index contributed by atoms with van der Waals surface area (Å²) in [5, 5.41) is 3.36. The van der Waals surface area contributed by atoms with E-state index in [-0.39, 0.29) is 24.0 Å². The molecule has 0 aromatic heterocycles. The van der Waals surface area contributed by atoms with Crippen LogP contribution >= 0.6 is 0 Å². The minimum absolute atomic E-state index is 0. The van der Waals surface area contributed by atoms with Crippen molar-refractivity contribution in [2.45, 2.75) is 6.92 Å². The number of nitrogens with one attached hydrogen (secondary N) is 1. The van der Waals surface area contributed by atoms with Gasteiger partial charge in [0.2, 0.25) is 0 Å². The molecule has 0 atom stereocenters. The number of rotatable bonds is 1. The van der Waals surface area contributed by atoms with Crippen LogP contribution in [0.1, 0.15) is 6.92 Å². The lowest BCUT2D eigenvalue weighted by Gasteiger charge is -2.36. The van der Waals surface area contributed by atoms with Crippen LogP contribution in [-0.2, 0) is 0 Å². The third-order valence-corrected chi connectivity index (χ3v) is 2.42. The first kappa shape index (κ1) is 10.7. The summed E-state index contributed by atoms with van der Waals surface area (Å²) in [6, 6.07) is 0. The van der Waals surface area contributed by atoms with Gasteiger partial charge in [-0.25, -0.2) is 0 Å². The molecule has 0 unspecified atom stereocenters. The molecule has 0 spiro atoms. The normalized spacial score (nSPS) is 23.4. The standard InChI is InChI=1S/C7H17N2.HI/c1-3-9(2)6-4-8-5-7-9;/h8H,3-7H2,1-2H3;1H/q+1;/p-1. The topological polar surface area (TPSA) is 12.0 Å². The molecule has 10 heavy (non-hydrogen) atoms. The molecule has 0 aliphatic carbocycles. The summed E-state index contributed by atoms with van der Waals surface area (Å²) in [4.78, 5) is 0. The van der Waals surface area contributed by atoms with Gasteiger partial charge in [0.05, 0.1) is 26.7 Å². The third kappa shape index (κ3) is 2.72. The fourth-order valence-electron chi connectivity index (χ4n) is 1.25. The fraction of sp³-hybridized carbons (Fsp3) is 1.00. The second kappa shape index (κ2) is 4.51. The minimum Gasteiger partial charge on any atom is -1.00 e. The van der Waals surface area contributed by atoms with Gasteiger partial charge in [-0.05, 0) is 6.92 Å². The number of hydrogen-bond donors (Lipinski definition) is 1. The van der Waals surface area contributed by atoms with Crippen LogP contribution in [0.25, 0.3) is 0 Å². The van der Waals surface area contributed by atoms with E-state index in [1.54, 1.807) is 0 Å². The summed E-state index contributed by atoms with van der Waals surface area (Å²) in [6.45, 7) is 8.55. The van der Waals surface area contributed by atoms with Crippen LogP contribution in [-0.4, -0.2) is 44.3 Å². The van der Waals surface area contributed by atoms with Crippen LogP contribution < -0.4 is 29.3 Å². The number of hydrogen-bond acceptors (Lipinski definition) is 1. The Hall–Kier alpha value is 0.650. The van der Waals surface area contributed by atoms with Crippen molar-refractivity contribution in [3.63, 3.8) is 0 Å². The SMILES string of the molecule is CC[N+]1(C)CCNCC1.[I-]. The molecule has 1 fully saturated rings. The average molecular weight is 256 g/mol. The van der Waals surface area contributed by atoms with E-state index >= 15 is 0 Å². The molecule has 1 aliphatic rings. The van der Waals surface area contributed by atoms with Gasteiger partial charge in [0.25, 0.3) is 0 Å². The molecule has 1 rings (SSSR count). The molecule has 0 aromatic carbocycles. The Labute approximate surface area is 80.6 Å². The van der Waals surface area contributed by atoms with E-state index in [2.05, 4.69) is 19.3 Å². The summed E-state index contributed by atoms with van der Waals surface area (Å²) < 4.78 is 1.26. The van der Waals surface area contributed by atoms with Crippen LogP contribution in [0.3, 0.4) is 0 Å². The zero-order valence-corrected chi connectivity index (χ0v) is 9.02. The van der Waals surface area contributed by atoms with Crippen molar-refractivity contribution < 1.29 is 28.5 Å². The predicted molar refractivity (Wildman–Crippen MR) is 39.3 cm³/mol. The molecule has 62 valence electrons. The van der Waals surface area contributed by atoms with E-state index in [0.29, 0.717) is 0 Å². The van der Waals surface area contributed by atoms with E-state index in [4.69, 9.17) is 0 Å². The first-order valence-corrected chi connectivity index (χ1v) is 3.81. The van der Waals surface area contributed by atoms with Gasteiger partial charge >= 0.3 is 0 Å². The van der Waals surface area contributed by atoms with Crippen molar-refractivity contribution in [3.05, 3.63) is 0 Å². The Morgan fingerprint density at radius 3 is 2.10 bits per heavy atom. The van der Waals surface area contributed by atoms with Gasteiger partial charge in [-0.1, -0.05) is 0 Å². The largest absolute Gasteiger partial charge is 1.00 e. The van der Waals surface area contributed by atoms with Gasteiger partial charge in [-0.2, -0.15) is 0 Å². The van der Waals surface area contributed by atoms with Crippen molar-refractivity contribution in [3.8, 4) is 0 Å².